The van der Waals surface area contributed by atoms with Crippen LogP contribution in [0.4, 0.5) is 0 Å². The van der Waals surface area contributed by atoms with Gasteiger partial charge in [0.05, 0.1) is 52.1 Å². The standard InChI is InChI=1S/3C7H6N2.CH4.2Ag/c3*1-2-4-7-6(3-1)8-5-9-7;;;/h3*1-5H,(H,8,9);1H4;;/q;;;;2*+1. The summed E-state index contributed by atoms with van der Waals surface area (Å²) in [6.07, 6.45) is 5.10. The molecule has 0 bridgehead atoms. The van der Waals surface area contributed by atoms with Crippen molar-refractivity contribution in [1.82, 2.24) is 29.9 Å². The molecule has 30 heavy (non-hydrogen) atoms. The fraction of sp³-hybridized carbons (Fsp3) is 0.0455. The van der Waals surface area contributed by atoms with E-state index in [9.17, 15) is 0 Å². The van der Waals surface area contributed by atoms with Crippen molar-refractivity contribution in [3.05, 3.63) is 91.8 Å². The van der Waals surface area contributed by atoms with Gasteiger partial charge in [-0.15, -0.1) is 0 Å². The van der Waals surface area contributed by atoms with Crippen molar-refractivity contribution in [1.29, 1.82) is 0 Å². The van der Waals surface area contributed by atoms with Crippen LogP contribution in [0, 0.1) is 0 Å². The van der Waals surface area contributed by atoms with Crippen LogP contribution in [-0.4, -0.2) is 29.9 Å². The Kier molecular flexibility index (Phi) is 11.1. The van der Waals surface area contributed by atoms with Gasteiger partial charge in [-0.3, -0.25) is 0 Å². The Balaban J connectivity index is 0.000000214. The normalized spacial score (nSPS) is 9.20. The second-order valence-electron chi connectivity index (χ2n) is 5.76. The van der Waals surface area contributed by atoms with E-state index in [4.69, 9.17) is 0 Å². The smallest absolute Gasteiger partial charge is 0.345 e. The van der Waals surface area contributed by atoms with Crippen LogP contribution in [0.2, 0.25) is 0 Å². The van der Waals surface area contributed by atoms with Gasteiger partial charge in [0, 0.05) is 0 Å². The summed E-state index contributed by atoms with van der Waals surface area (Å²) in [5, 5.41) is 0. The zero-order valence-electron chi connectivity index (χ0n) is 15.1. The molecule has 0 atom stereocenters. The van der Waals surface area contributed by atoms with E-state index < -0.39 is 0 Å². The molecular formula is C22H22Ag2N6+2. The average molecular weight is 586 g/mol. The number of H-pyrrole nitrogens is 3. The largest absolute Gasteiger partial charge is 1.00 e. The summed E-state index contributed by atoms with van der Waals surface area (Å²) in [7, 11) is 0. The predicted molar refractivity (Wildman–Crippen MR) is 115 cm³/mol. The van der Waals surface area contributed by atoms with E-state index in [0.717, 1.165) is 33.1 Å². The molecule has 0 spiro atoms. The summed E-state index contributed by atoms with van der Waals surface area (Å²) >= 11 is 0. The third-order valence-electron chi connectivity index (χ3n) is 3.98. The number of nitrogens with one attached hydrogen (secondary N) is 3. The predicted octanol–water partition coefficient (Wildman–Crippen LogP) is 5.32. The molecule has 0 aliphatic carbocycles. The second kappa shape index (κ2) is 13.0. The van der Waals surface area contributed by atoms with Gasteiger partial charge in [0.1, 0.15) is 0 Å². The first kappa shape index (κ1) is 25.6. The summed E-state index contributed by atoms with van der Waals surface area (Å²) in [4.78, 5) is 21.2. The number of hydrogen-bond acceptors (Lipinski definition) is 3. The zero-order chi connectivity index (χ0) is 18.3. The van der Waals surface area contributed by atoms with Crippen LogP contribution < -0.4 is 0 Å². The number of hydrogen-bond donors (Lipinski definition) is 3. The van der Waals surface area contributed by atoms with Gasteiger partial charge in [-0.2, -0.15) is 0 Å². The number of nitrogens with zero attached hydrogens (tertiary/aromatic N) is 3. The van der Waals surface area contributed by atoms with Gasteiger partial charge in [-0.1, -0.05) is 43.8 Å². The monoisotopic (exact) mass is 584 g/mol. The molecule has 160 valence electrons. The Hall–Kier alpha value is -2.45. The quantitative estimate of drug-likeness (QED) is 0.211. The molecule has 8 heteroatoms. The minimum absolute atomic E-state index is 0. The SMILES string of the molecule is C.[Ag+].[Ag+].c1ccc2[nH]cnc2c1.c1ccc2[nH]cnc2c1.c1ccc2[nH]cnc2c1. The van der Waals surface area contributed by atoms with Crippen LogP contribution in [0.3, 0.4) is 0 Å². The maximum absolute atomic E-state index is 4.06. The molecule has 3 aromatic carbocycles. The van der Waals surface area contributed by atoms with Crippen LogP contribution in [0.15, 0.2) is 91.8 Å². The Morgan fingerprint density at radius 1 is 0.433 bits per heavy atom. The van der Waals surface area contributed by atoms with Crippen molar-refractivity contribution in [3.8, 4) is 0 Å². The van der Waals surface area contributed by atoms with Gasteiger partial charge >= 0.3 is 44.8 Å². The fourth-order valence-corrected chi connectivity index (χ4v) is 2.64. The number of aromatic amines is 3. The van der Waals surface area contributed by atoms with E-state index in [0.29, 0.717) is 0 Å². The molecule has 0 aliphatic rings. The molecule has 3 aromatic heterocycles. The molecule has 6 aromatic rings. The van der Waals surface area contributed by atoms with Crippen molar-refractivity contribution in [2.45, 2.75) is 7.43 Å². The van der Waals surface area contributed by atoms with Crippen molar-refractivity contribution < 1.29 is 44.8 Å². The summed E-state index contributed by atoms with van der Waals surface area (Å²) in [5.41, 5.74) is 6.36. The Labute approximate surface area is 206 Å². The number of benzene rings is 3. The molecule has 0 saturated carbocycles. The molecule has 3 heterocycles. The summed E-state index contributed by atoms with van der Waals surface area (Å²) in [5.74, 6) is 0. The third-order valence-corrected chi connectivity index (χ3v) is 3.98. The minimum Gasteiger partial charge on any atom is -0.345 e. The van der Waals surface area contributed by atoms with Gasteiger partial charge in [0.15, 0.2) is 0 Å². The molecule has 0 aliphatic heterocycles. The zero-order valence-corrected chi connectivity index (χ0v) is 18.1. The number of aromatic nitrogens is 6. The van der Waals surface area contributed by atoms with E-state index in [1.807, 2.05) is 72.8 Å². The first-order chi connectivity index (χ1) is 13.4. The Bertz CT molecular complexity index is 1010. The van der Waals surface area contributed by atoms with E-state index in [1.54, 1.807) is 19.0 Å². The number of imidazole rings is 3. The molecular weight excluding hydrogens is 564 g/mol. The van der Waals surface area contributed by atoms with Crippen molar-refractivity contribution in [2.24, 2.45) is 0 Å². The van der Waals surface area contributed by atoms with Gasteiger partial charge in [-0.05, 0) is 36.4 Å². The average Bonchev–Trinajstić information content (AvgIpc) is 3.48. The third kappa shape index (κ3) is 6.53. The summed E-state index contributed by atoms with van der Waals surface area (Å²) in [6, 6.07) is 23.8. The summed E-state index contributed by atoms with van der Waals surface area (Å²) in [6.45, 7) is 0. The van der Waals surface area contributed by atoms with Gasteiger partial charge in [0.2, 0.25) is 0 Å². The molecule has 6 nitrogen and oxygen atoms in total. The molecule has 0 amide bonds. The molecule has 6 rings (SSSR count). The maximum Gasteiger partial charge on any atom is 1.00 e. The van der Waals surface area contributed by atoms with Crippen LogP contribution in [-0.2, 0) is 44.8 Å². The van der Waals surface area contributed by atoms with E-state index in [2.05, 4.69) is 29.9 Å². The van der Waals surface area contributed by atoms with Gasteiger partial charge < -0.3 is 15.0 Å². The van der Waals surface area contributed by atoms with Crippen LogP contribution in [0.1, 0.15) is 7.43 Å². The van der Waals surface area contributed by atoms with Gasteiger partial charge in [0.25, 0.3) is 0 Å². The Morgan fingerprint density at radius 2 is 0.700 bits per heavy atom. The molecule has 0 saturated heterocycles. The van der Waals surface area contributed by atoms with Crippen molar-refractivity contribution in [2.75, 3.05) is 0 Å². The first-order valence-corrected chi connectivity index (χ1v) is 8.54. The second-order valence-corrected chi connectivity index (χ2v) is 5.76. The van der Waals surface area contributed by atoms with E-state index in [1.165, 1.54) is 0 Å². The number of fused-ring (bicyclic) bond motifs is 3. The number of rotatable bonds is 0. The molecule has 0 fully saturated rings. The van der Waals surface area contributed by atoms with E-state index in [-0.39, 0.29) is 52.2 Å². The molecule has 0 unspecified atom stereocenters. The van der Waals surface area contributed by atoms with Crippen LogP contribution >= 0.6 is 0 Å². The fourth-order valence-electron chi connectivity index (χ4n) is 2.64. The van der Waals surface area contributed by atoms with Crippen molar-refractivity contribution >= 4 is 33.1 Å². The molecule has 0 radical (unpaired) electrons. The maximum atomic E-state index is 4.06. The van der Waals surface area contributed by atoms with Crippen LogP contribution in [0.5, 0.6) is 0 Å². The van der Waals surface area contributed by atoms with Crippen molar-refractivity contribution in [3.63, 3.8) is 0 Å². The topological polar surface area (TPSA) is 86.0 Å². The van der Waals surface area contributed by atoms with Crippen LogP contribution in [0.25, 0.3) is 33.1 Å². The first-order valence-electron chi connectivity index (χ1n) is 8.54. The number of para-hydroxylation sites is 6. The van der Waals surface area contributed by atoms with Gasteiger partial charge in [-0.25, -0.2) is 15.0 Å². The minimum atomic E-state index is 0. The molecule has 3 N–H and O–H groups in total. The summed E-state index contributed by atoms with van der Waals surface area (Å²) < 4.78 is 0. The Morgan fingerprint density at radius 3 is 0.967 bits per heavy atom. The van der Waals surface area contributed by atoms with E-state index >= 15 is 0 Å².